The van der Waals surface area contributed by atoms with Crippen LogP contribution in [-0.2, 0) is 6.18 Å². The summed E-state index contributed by atoms with van der Waals surface area (Å²) in [5, 5.41) is 0. The molecule has 1 aromatic heterocycles. The van der Waals surface area contributed by atoms with Crippen LogP contribution < -0.4 is 10.6 Å². The molecule has 7 heteroatoms. The number of rotatable bonds is 2. The summed E-state index contributed by atoms with van der Waals surface area (Å²) in [6.45, 7) is 2.82. The van der Waals surface area contributed by atoms with E-state index in [1.54, 1.807) is 4.90 Å². The third-order valence-electron chi connectivity index (χ3n) is 3.06. The summed E-state index contributed by atoms with van der Waals surface area (Å²) in [4.78, 5) is 16.6. The predicted octanol–water partition coefficient (Wildman–Crippen LogP) is 2.36. The van der Waals surface area contributed by atoms with Crippen molar-refractivity contribution in [1.82, 2.24) is 4.98 Å². The summed E-state index contributed by atoms with van der Waals surface area (Å²) in [6.07, 6.45) is -1.85. The lowest BCUT2D eigenvalue weighted by molar-refractivity contribution is -0.141. The second kappa shape index (κ2) is 5.15. The van der Waals surface area contributed by atoms with E-state index in [9.17, 15) is 18.0 Å². The van der Waals surface area contributed by atoms with Crippen LogP contribution in [0.4, 0.5) is 19.0 Å². The fraction of sp³-hybridized carbons (Fsp3) is 0.385. The zero-order valence-corrected chi connectivity index (χ0v) is 10.9. The normalized spacial score (nSPS) is 16.0. The van der Waals surface area contributed by atoms with Crippen molar-refractivity contribution in [3.8, 4) is 0 Å². The molecule has 0 aromatic carbocycles. The number of hydrogen-bond donors (Lipinski definition) is 1. The van der Waals surface area contributed by atoms with Gasteiger partial charge in [0, 0.05) is 13.1 Å². The first-order valence-corrected chi connectivity index (χ1v) is 6.07. The van der Waals surface area contributed by atoms with E-state index in [1.165, 1.54) is 0 Å². The summed E-state index contributed by atoms with van der Waals surface area (Å²) in [5.41, 5.74) is 5.22. The molecule has 1 aromatic rings. The number of anilines is 1. The number of carbonyl (C=O) groups excluding carboxylic acids is 1. The second-order valence-electron chi connectivity index (χ2n) is 4.69. The van der Waals surface area contributed by atoms with Crippen LogP contribution in [0.2, 0.25) is 0 Å². The predicted molar refractivity (Wildman–Crippen MR) is 68.3 cm³/mol. The maximum atomic E-state index is 12.7. The number of aromatic nitrogens is 1. The Morgan fingerprint density at radius 1 is 1.40 bits per heavy atom. The average molecular weight is 285 g/mol. The van der Waals surface area contributed by atoms with Gasteiger partial charge in [-0.25, -0.2) is 4.98 Å². The van der Waals surface area contributed by atoms with E-state index in [2.05, 4.69) is 4.98 Å². The van der Waals surface area contributed by atoms with Gasteiger partial charge in [-0.2, -0.15) is 13.2 Å². The van der Waals surface area contributed by atoms with Crippen molar-refractivity contribution in [3.63, 3.8) is 0 Å². The Kier molecular flexibility index (Phi) is 3.69. The third kappa shape index (κ3) is 2.92. The number of primary amides is 1. The molecule has 20 heavy (non-hydrogen) atoms. The SMILES string of the molecule is CC1=CCCN(c2nc(C(F)(F)F)ccc2C(N)=O)C1. The molecule has 0 radical (unpaired) electrons. The third-order valence-corrected chi connectivity index (χ3v) is 3.06. The number of carbonyl (C=O) groups is 1. The summed E-state index contributed by atoms with van der Waals surface area (Å²) in [6, 6.07) is 1.86. The van der Waals surface area contributed by atoms with E-state index < -0.39 is 17.8 Å². The first-order valence-electron chi connectivity index (χ1n) is 6.07. The Hall–Kier alpha value is -2.05. The highest BCUT2D eigenvalue weighted by Crippen LogP contribution is 2.31. The van der Waals surface area contributed by atoms with Crippen LogP contribution in [0.1, 0.15) is 29.4 Å². The molecule has 2 heterocycles. The van der Waals surface area contributed by atoms with Crippen LogP contribution in [0.5, 0.6) is 0 Å². The zero-order chi connectivity index (χ0) is 14.9. The molecule has 108 valence electrons. The fourth-order valence-electron chi connectivity index (χ4n) is 2.13. The van der Waals surface area contributed by atoms with Gasteiger partial charge < -0.3 is 10.6 Å². The van der Waals surface area contributed by atoms with E-state index in [0.717, 1.165) is 17.7 Å². The van der Waals surface area contributed by atoms with Crippen molar-refractivity contribution in [2.75, 3.05) is 18.0 Å². The first kappa shape index (κ1) is 14.4. The molecule has 0 saturated carbocycles. The number of hydrogen-bond acceptors (Lipinski definition) is 3. The molecule has 1 aliphatic rings. The van der Waals surface area contributed by atoms with E-state index >= 15 is 0 Å². The van der Waals surface area contributed by atoms with Crippen LogP contribution in [-0.4, -0.2) is 24.0 Å². The van der Waals surface area contributed by atoms with Crippen LogP contribution in [0.3, 0.4) is 0 Å². The number of amides is 1. The van der Waals surface area contributed by atoms with E-state index in [1.807, 2.05) is 13.0 Å². The average Bonchev–Trinajstić information content (AvgIpc) is 2.37. The Balaban J connectivity index is 2.47. The molecule has 2 N–H and O–H groups in total. The lowest BCUT2D eigenvalue weighted by Crippen LogP contribution is -2.33. The van der Waals surface area contributed by atoms with Gasteiger partial charge in [0.25, 0.3) is 5.91 Å². The van der Waals surface area contributed by atoms with E-state index in [4.69, 9.17) is 5.73 Å². The summed E-state index contributed by atoms with van der Waals surface area (Å²) in [5.74, 6) is -0.784. The topological polar surface area (TPSA) is 59.2 Å². The molecule has 0 unspecified atom stereocenters. The lowest BCUT2D eigenvalue weighted by atomic mass is 10.1. The molecular formula is C13H14F3N3O. The number of halogens is 3. The minimum atomic E-state index is -4.55. The molecule has 0 spiro atoms. The zero-order valence-electron chi connectivity index (χ0n) is 10.9. The van der Waals surface area contributed by atoms with Gasteiger partial charge in [0.15, 0.2) is 0 Å². The lowest BCUT2D eigenvalue weighted by Gasteiger charge is -2.29. The molecule has 0 bridgehead atoms. The highest BCUT2D eigenvalue weighted by atomic mass is 19.4. The number of nitrogens with two attached hydrogens (primary N) is 1. The van der Waals surface area contributed by atoms with Crippen molar-refractivity contribution < 1.29 is 18.0 Å². The smallest absolute Gasteiger partial charge is 0.365 e. The van der Waals surface area contributed by atoms with E-state index in [-0.39, 0.29) is 11.4 Å². The van der Waals surface area contributed by atoms with Crippen LogP contribution >= 0.6 is 0 Å². The van der Waals surface area contributed by atoms with Gasteiger partial charge in [0.05, 0.1) is 5.56 Å². The van der Waals surface area contributed by atoms with Crippen LogP contribution in [0.15, 0.2) is 23.8 Å². The first-order chi connectivity index (χ1) is 9.29. The van der Waals surface area contributed by atoms with Crippen LogP contribution in [0, 0.1) is 0 Å². The quantitative estimate of drug-likeness (QED) is 0.849. The summed E-state index contributed by atoms with van der Waals surface area (Å²) < 4.78 is 38.2. The maximum absolute atomic E-state index is 12.7. The van der Waals surface area contributed by atoms with E-state index in [0.29, 0.717) is 19.5 Å². The van der Waals surface area contributed by atoms with Crippen molar-refractivity contribution >= 4 is 11.7 Å². The fourth-order valence-corrected chi connectivity index (χ4v) is 2.13. The van der Waals surface area contributed by atoms with Crippen molar-refractivity contribution in [2.45, 2.75) is 19.5 Å². The van der Waals surface area contributed by atoms with Crippen LogP contribution in [0.25, 0.3) is 0 Å². The monoisotopic (exact) mass is 285 g/mol. The molecule has 0 atom stereocenters. The Morgan fingerprint density at radius 3 is 2.65 bits per heavy atom. The van der Waals surface area contributed by atoms with Gasteiger partial charge in [0.1, 0.15) is 11.5 Å². The minimum absolute atomic E-state index is 0.000208. The number of alkyl halides is 3. The van der Waals surface area contributed by atoms with Crippen molar-refractivity contribution in [2.24, 2.45) is 5.73 Å². The Labute approximate surface area is 114 Å². The Bertz CT molecular complexity index is 566. The van der Waals surface area contributed by atoms with Gasteiger partial charge in [-0.1, -0.05) is 11.6 Å². The largest absolute Gasteiger partial charge is 0.433 e. The summed E-state index contributed by atoms with van der Waals surface area (Å²) >= 11 is 0. The highest BCUT2D eigenvalue weighted by Gasteiger charge is 2.34. The highest BCUT2D eigenvalue weighted by molar-refractivity contribution is 5.97. The number of pyridine rings is 1. The Morgan fingerprint density at radius 2 is 2.10 bits per heavy atom. The molecule has 2 rings (SSSR count). The molecule has 1 amide bonds. The maximum Gasteiger partial charge on any atom is 0.433 e. The molecular weight excluding hydrogens is 271 g/mol. The van der Waals surface area contributed by atoms with Crippen molar-refractivity contribution in [3.05, 3.63) is 35.0 Å². The molecule has 4 nitrogen and oxygen atoms in total. The second-order valence-corrected chi connectivity index (χ2v) is 4.69. The molecule has 0 fully saturated rings. The van der Waals surface area contributed by atoms with Gasteiger partial charge in [0.2, 0.25) is 0 Å². The molecule has 0 saturated heterocycles. The summed E-state index contributed by atoms with van der Waals surface area (Å²) in [7, 11) is 0. The van der Waals surface area contributed by atoms with Crippen molar-refractivity contribution in [1.29, 1.82) is 0 Å². The van der Waals surface area contributed by atoms with Gasteiger partial charge >= 0.3 is 6.18 Å². The minimum Gasteiger partial charge on any atom is -0.365 e. The van der Waals surface area contributed by atoms with Gasteiger partial charge in [-0.3, -0.25) is 4.79 Å². The molecule has 0 aliphatic carbocycles. The molecule has 1 aliphatic heterocycles. The van der Waals surface area contributed by atoms with Gasteiger partial charge in [-0.15, -0.1) is 0 Å². The number of nitrogens with zero attached hydrogens (tertiary/aromatic N) is 2. The van der Waals surface area contributed by atoms with Gasteiger partial charge in [-0.05, 0) is 25.5 Å². The standard InChI is InChI=1S/C13H14F3N3O/c1-8-3-2-6-19(7-8)12-9(11(17)20)4-5-10(18-12)13(14,15)16/h3-5H,2,6-7H2,1H3,(H2,17,20).